The Morgan fingerprint density at radius 2 is 1.65 bits per heavy atom. The van der Waals surface area contributed by atoms with Crippen LogP contribution in [0, 0.1) is 13.8 Å². The Balaban J connectivity index is 1.27. The molecule has 5 rings (SSSR count). The summed E-state index contributed by atoms with van der Waals surface area (Å²) in [6.45, 7) is 7.90. The van der Waals surface area contributed by atoms with E-state index < -0.39 is 0 Å². The summed E-state index contributed by atoms with van der Waals surface area (Å²) in [5.41, 5.74) is 7.92. The molecule has 0 saturated carbocycles. The lowest BCUT2D eigenvalue weighted by Gasteiger charge is -2.16. The molecule has 0 bridgehead atoms. The van der Waals surface area contributed by atoms with E-state index >= 15 is 0 Å². The van der Waals surface area contributed by atoms with Gasteiger partial charge in [-0.05, 0) is 86.0 Å². The Kier molecular flexibility index (Phi) is 7.77. The number of benzene rings is 4. The van der Waals surface area contributed by atoms with Gasteiger partial charge in [0.2, 0.25) is 0 Å². The van der Waals surface area contributed by atoms with Gasteiger partial charge in [-0.1, -0.05) is 51.8 Å². The lowest BCUT2D eigenvalue weighted by Crippen LogP contribution is -2.04. The van der Waals surface area contributed by atoms with E-state index in [9.17, 15) is 0 Å². The fraction of sp³-hybridized carbons (Fsp3) is 0.194. The Morgan fingerprint density at radius 3 is 2.43 bits per heavy atom. The van der Waals surface area contributed by atoms with Crippen molar-refractivity contribution in [3.05, 3.63) is 106 Å². The standard InChI is InChI=1S/C31H29BrN2O2S/c1-4-35-28-16-24(26(32)17-29(28)36-19-22-7-5-6-20(2)14-22)18-33-25-11-9-23(10-12-25)31-34-27-13-8-21(3)15-30(27)37-31/h5-17,33H,4,18-19H2,1-3H3. The first-order chi connectivity index (χ1) is 18.0. The molecule has 4 nitrogen and oxygen atoms in total. The minimum atomic E-state index is 0.492. The predicted octanol–water partition coefficient (Wildman–Crippen LogP) is 8.93. The van der Waals surface area contributed by atoms with Gasteiger partial charge in [0.15, 0.2) is 11.5 Å². The van der Waals surface area contributed by atoms with Crippen molar-refractivity contribution in [3.63, 3.8) is 0 Å². The normalized spacial score (nSPS) is 11.0. The summed E-state index contributed by atoms with van der Waals surface area (Å²) < 4.78 is 14.2. The second-order valence-electron chi connectivity index (χ2n) is 9.02. The Bertz CT molecular complexity index is 1530. The highest BCUT2D eigenvalue weighted by Crippen LogP contribution is 2.35. The number of nitrogens with one attached hydrogen (secondary N) is 1. The summed E-state index contributed by atoms with van der Waals surface area (Å²) in [6, 6.07) is 27.2. The first-order valence-corrected chi connectivity index (χ1v) is 13.9. The van der Waals surface area contributed by atoms with Gasteiger partial charge in [0.05, 0.1) is 16.8 Å². The molecule has 0 aliphatic carbocycles. The van der Waals surface area contributed by atoms with E-state index in [0.717, 1.165) is 48.9 Å². The van der Waals surface area contributed by atoms with Crippen molar-refractivity contribution in [1.29, 1.82) is 0 Å². The fourth-order valence-corrected chi connectivity index (χ4v) is 5.67. The first-order valence-electron chi connectivity index (χ1n) is 12.3. The van der Waals surface area contributed by atoms with Crippen LogP contribution in [0.3, 0.4) is 0 Å². The molecule has 0 radical (unpaired) electrons. The maximum atomic E-state index is 6.13. The van der Waals surface area contributed by atoms with Crippen LogP contribution in [-0.4, -0.2) is 11.6 Å². The molecule has 1 heterocycles. The molecule has 0 unspecified atom stereocenters. The second kappa shape index (κ2) is 11.4. The van der Waals surface area contributed by atoms with Crippen LogP contribution in [0.5, 0.6) is 11.5 Å². The van der Waals surface area contributed by atoms with Gasteiger partial charge in [-0.25, -0.2) is 4.98 Å². The first kappa shape index (κ1) is 25.3. The third-order valence-corrected chi connectivity index (χ3v) is 7.85. The summed E-state index contributed by atoms with van der Waals surface area (Å²) >= 11 is 5.46. The molecule has 0 aliphatic heterocycles. The third-order valence-electron chi connectivity index (χ3n) is 6.05. The van der Waals surface area contributed by atoms with Crippen molar-refractivity contribution in [1.82, 2.24) is 4.98 Å². The zero-order chi connectivity index (χ0) is 25.8. The average molecular weight is 574 g/mol. The number of hydrogen-bond acceptors (Lipinski definition) is 5. The zero-order valence-corrected chi connectivity index (χ0v) is 23.6. The smallest absolute Gasteiger partial charge is 0.162 e. The van der Waals surface area contributed by atoms with Crippen molar-refractivity contribution in [3.8, 4) is 22.1 Å². The predicted molar refractivity (Wildman–Crippen MR) is 158 cm³/mol. The minimum Gasteiger partial charge on any atom is -0.490 e. The number of fused-ring (bicyclic) bond motifs is 1. The third kappa shape index (κ3) is 6.14. The van der Waals surface area contributed by atoms with E-state index in [-0.39, 0.29) is 0 Å². The molecular formula is C31H29BrN2O2S. The number of rotatable bonds is 9. The minimum absolute atomic E-state index is 0.492. The van der Waals surface area contributed by atoms with E-state index in [2.05, 4.69) is 102 Å². The van der Waals surface area contributed by atoms with E-state index in [1.54, 1.807) is 11.3 Å². The number of anilines is 1. The topological polar surface area (TPSA) is 43.4 Å². The van der Waals surface area contributed by atoms with E-state index in [1.807, 2.05) is 19.1 Å². The van der Waals surface area contributed by atoms with Crippen molar-refractivity contribution in [2.24, 2.45) is 0 Å². The molecule has 6 heteroatoms. The van der Waals surface area contributed by atoms with Crippen molar-refractivity contribution < 1.29 is 9.47 Å². The van der Waals surface area contributed by atoms with Crippen LogP contribution in [0.2, 0.25) is 0 Å². The van der Waals surface area contributed by atoms with Gasteiger partial charge in [0.1, 0.15) is 11.6 Å². The monoisotopic (exact) mass is 572 g/mol. The highest BCUT2D eigenvalue weighted by Gasteiger charge is 2.12. The van der Waals surface area contributed by atoms with Crippen molar-refractivity contribution in [2.75, 3.05) is 11.9 Å². The Morgan fingerprint density at radius 1 is 0.865 bits per heavy atom. The molecule has 37 heavy (non-hydrogen) atoms. The molecular weight excluding hydrogens is 544 g/mol. The van der Waals surface area contributed by atoms with Gasteiger partial charge in [0, 0.05) is 22.3 Å². The van der Waals surface area contributed by atoms with Gasteiger partial charge in [-0.3, -0.25) is 0 Å². The summed E-state index contributed by atoms with van der Waals surface area (Å²) in [7, 11) is 0. The molecule has 0 fully saturated rings. The average Bonchev–Trinajstić information content (AvgIpc) is 3.31. The highest BCUT2D eigenvalue weighted by molar-refractivity contribution is 9.10. The molecule has 0 atom stereocenters. The highest BCUT2D eigenvalue weighted by atomic mass is 79.9. The molecule has 4 aromatic carbocycles. The number of halogens is 1. The number of nitrogens with zero attached hydrogens (tertiary/aromatic N) is 1. The Labute approximate surface area is 230 Å². The number of hydrogen-bond donors (Lipinski definition) is 1. The molecule has 0 saturated heterocycles. The molecule has 0 amide bonds. The number of aryl methyl sites for hydroxylation is 2. The Hall–Kier alpha value is -3.35. The summed E-state index contributed by atoms with van der Waals surface area (Å²) in [4.78, 5) is 4.80. The van der Waals surface area contributed by atoms with Crippen LogP contribution in [0.4, 0.5) is 5.69 Å². The van der Waals surface area contributed by atoms with Gasteiger partial charge in [0.25, 0.3) is 0 Å². The number of aromatic nitrogens is 1. The van der Waals surface area contributed by atoms with Gasteiger partial charge < -0.3 is 14.8 Å². The van der Waals surface area contributed by atoms with Gasteiger partial charge >= 0.3 is 0 Å². The zero-order valence-electron chi connectivity index (χ0n) is 21.2. The van der Waals surface area contributed by atoms with Gasteiger partial charge in [-0.15, -0.1) is 11.3 Å². The molecule has 188 valence electrons. The van der Waals surface area contributed by atoms with E-state index in [1.165, 1.54) is 15.8 Å². The maximum absolute atomic E-state index is 6.13. The lowest BCUT2D eigenvalue weighted by molar-refractivity contribution is 0.269. The van der Waals surface area contributed by atoms with Crippen molar-refractivity contribution >= 4 is 43.2 Å². The van der Waals surface area contributed by atoms with Gasteiger partial charge in [-0.2, -0.15) is 0 Å². The number of thiazole rings is 1. The van der Waals surface area contributed by atoms with Crippen LogP contribution in [-0.2, 0) is 13.2 Å². The quantitative estimate of drug-likeness (QED) is 0.191. The molecule has 0 spiro atoms. The van der Waals surface area contributed by atoms with Crippen LogP contribution in [0.15, 0.2) is 83.3 Å². The van der Waals surface area contributed by atoms with Crippen LogP contribution < -0.4 is 14.8 Å². The molecule has 0 aliphatic rings. The maximum Gasteiger partial charge on any atom is 0.162 e. The van der Waals surface area contributed by atoms with Crippen molar-refractivity contribution in [2.45, 2.75) is 33.9 Å². The second-order valence-corrected chi connectivity index (χ2v) is 10.9. The lowest BCUT2D eigenvalue weighted by atomic mass is 10.1. The fourth-order valence-electron chi connectivity index (χ4n) is 4.14. The van der Waals surface area contributed by atoms with E-state index in [0.29, 0.717) is 19.8 Å². The SMILES string of the molecule is CCOc1cc(CNc2ccc(-c3nc4ccc(C)cc4s3)cc2)c(Br)cc1OCc1cccc(C)c1. The summed E-state index contributed by atoms with van der Waals surface area (Å²) in [6.07, 6.45) is 0. The van der Waals surface area contributed by atoms with Crippen LogP contribution in [0.1, 0.15) is 29.2 Å². The summed E-state index contributed by atoms with van der Waals surface area (Å²) in [5, 5.41) is 4.56. The van der Waals surface area contributed by atoms with Crippen LogP contribution >= 0.6 is 27.3 Å². The van der Waals surface area contributed by atoms with E-state index in [4.69, 9.17) is 14.5 Å². The number of ether oxygens (including phenoxy) is 2. The van der Waals surface area contributed by atoms with Crippen LogP contribution in [0.25, 0.3) is 20.8 Å². The largest absolute Gasteiger partial charge is 0.490 e. The summed E-state index contributed by atoms with van der Waals surface area (Å²) in [5.74, 6) is 1.48. The molecule has 5 aromatic rings. The molecule has 1 N–H and O–H groups in total. The molecule has 1 aromatic heterocycles.